The van der Waals surface area contributed by atoms with E-state index in [1.807, 2.05) is 6.92 Å². The van der Waals surface area contributed by atoms with Gasteiger partial charge in [-0.15, -0.1) is 0 Å². The second-order valence-corrected chi connectivity index (χ2v) is 4.35. The van der Waals surface area contributed by atoms with Crippen molar-refractivity contribution in [2.45, 2.75) is 26.4 Å². The molecule has 0 saturated heterocycles. The highest BCUT2D eigenvalue weighted by atomic mass is 19.3. The minimum atomic E-state index is -2.42. The molecule has 0 radical (unpaired) electrons. The number of rotatable bonds is 7. The molecule has 0 aromatic carbocycles. The van der Waals surface area contributed by atoms with Crippen LogP contribution in [0, 0.1) is 0 Å². The topological polar surface area (TPSA) is 55.5 Å². The highest BCUT2D eigenvalue weighted by molar-refractivity contribution is 5.47. The van der Waals surface area contributed by atoms with Gasteiger partial charge in [-0.3, -0.25) is 0 Å². The molecule has 0 atom stereocenters. The van der Waals surface area contributed by atoms with Gasteiger partial charge in [-0.1, -0.05) is 6.92 Å². The average molecular weight is 285 g/mol. The van der Waals surface area contributed by atoms with Gasteiger partial charge in [0.1, 0.15) is 12.1 Å². The second-order valence-electron chi connectivity index (χ2n) is 4.35. The molecule has 2 heterocycles. The van der Waals surface area contributed by atoms with E-state index >= 15 is 0 Å². The Morgan fingerprint density at radius 1 is 1.45 bits per heavy atom. The molecule has 0 N–H and O–H groups in total. The van der Waals surface area contributed by atoms with Crippen molar-refractivity contribution in [3.8, 4) is 0 Å². The van der Waals surface area contributed by atoms with Gasteiger partial charge in [0.05, 0.1) is 18.8 Å². The molecule has 0 saturated carbocycles. The first-order valence-corrected chi connectivity index (χ1v) is 6.37. The van der Waals surface area contributed by atoms with E-state index in [0.29, 0.717) is 30.4 Å². The predicted octanol–water partition coefficient (Wildman–Crippen LogP) is 1.75. The van der Waals surface area contributed by atoms with Crippen LogP contribution in [0.2, 0.25) is 0 Å². The van der Waals surface area contributed by atoms with E-state index in [9.17, 15) is 8.78 Å². The number of hydrogen-bond acceptors (Lipinski definition) is 5. The number of methoxy groups -OCH3 is 1. The Morgan fingerprint density at radius 3 is 2.90 bits per heavy atom. The molecule has 0 spiro atoms. The van der Waals surface area contributed by atoms with Crippen LogP contribution in [-0.4, -0.2) is 46.2 Å². The summed E-state index contributed by atoms with van der Waals surface area (Å²) >= 11 is 0. The van der Waals surface area contributed by atoms with E-state index < -0.39 is 6.43 Å². The van der Waals surface area contributed by atoms with Gasteiger partial charge in [-0.2, -0.15) is 14.6 Å². The van der Waals surface area contributed by atoms with Gasteiger partial charge >= 0.3 is 0 Å². The molecule has 8 heteroatoms. The van der Waals surface area contributed by atoms with Crippen molar-refractivity contribution in [3.63, 3.8) is 0 Å². The van der Waals surface area contributed by atoms with Crippen LogP contribution in [0.15, 0.2) is 12.4 Å². The fourth-order valence-corrected chi connectivity index (χ4v) is 2.03. The molecule has 0 aliphatic rings. The Kier molecular flexibility index (Phi) is 4.78. The number of alkyl halides is 2. The van der Waals surface area contributed by atoms with Crippen molar-refractivity contribution < 1.29 is 13.5 Å². The molecule has 20 heavy (non-hydrogen) atoms. The molecule has 6 nitrogen and oxygen atoms in total. The van der Waals surface area contributed by atoms with Crippen LogP contribution in [0.4, 0.5) is 14.6 Å². The van der Waals surface area contributed by atoms with Crippen LogP contribution < -0.4 is 4.90 Å². The third kappa shape index (κ3) is 3.19. The van der Waals surface area contributed by atoms with Gasteiger partial charge in [-0.05, 0) is 6.42 Å². The molecule has 0 aliphatic heterocycles. The first-order valence-electron chi connectivity index (χ1n) is 6.37. The Morgan fingerprint density at radius 2 is 2.25 bits per heavy atom. The molecule has 110 valence electrons. The normalized spacial score (nSPS) is 11.4. The summed E-state index contributed by atoms with van der Waals surface area (Å²) in [5, 5.41) is 4.05. The summed E-state index contributed by atoms with van der Waals surface area (Å²) in [5.74, 6) is 0.937. The van der Waals surface area contributed by atoms with Crippen LogP contribution in [0.1, 0.15) is 19.0 Å². The number of ether oxygens (including phenoxy) is 1. The zero-order valence-electron chi connectivity index (χ0n) is 11.5. The molecule has 0 unspecified atom stereocenters. The van der Waals surface area contributed by atoms with Gasteiger partial charge in [0, 0.05) is 19.7 Å². The Hall–Kier alpha value is -1.83. The van der Waals surface area contributed by atoms with Crippen molar-refractivity contribution >= 4 is 11.6 Å². The molecule has 0 bridgehead atoms. The number of anilines is 1. The summed E-state index contributed by atoms with van der Waals surface area (Å²) in [4.78, 5) is 9.86. The minimum Gasteiger partial charge on any atom is -0.378 e. The van der Waals surface area contributed by atoms with Crippen LogP contribution >= 0.6 is 0 Å². The lowest BCUT2D eigenvalue weighted by Gasteiger charge is -2.24. The maximum atomic E-state index is 12.7. The summed E-state index contributed by atoms with van der Waals surface area (Å²) in [7, 11) is 1.55. The summed E-state index contributed by atoms with van der Waals surface area (Å²) in [6, 6.07) is 1.71. The third-order valence-corrected chi connectivity index (χ3v) is 2.75. The lowest BCUT2D eigenvalue weighted by molar-refractivity contribution is 0.154. The molecule has 0 amide bonds. The van der Waals surface area contributed by atoms with Gasteiger partial charge in [-0.25, -0.2) is 13.8 Å². The van der Waals surface area contributed by atoms with E-state index in [2.05, 4.69) is 15.1 Å². The lowest BCUT2D eigenvalue weighted by atomic mass is 10.3. The van der Waals surface area contributed by atoms with Crippen molar-refractivity contribution in [1.82, 2.24) is 19.6 Å². The Balaban J connectivity index is 2.44. The van der Waals surface area contributed by atoms with E-state index in [1.54, 1.807) is 18.1 Å². The van der Waals surface area contributed by atoms with Crippen LogP contribution in [0.3, 0.4) is 0 Å². The summed E-state index contributed by atoms with van der Waals surface area (Å²) < 4.78 is 32.0. The lowest BCUT2D eigenvalue weighted by Crippen LogP contribution is -2.31. The van der Waals surface area contributed by atoms with Gasteiger partial charge < -0.3 is 9.64 Å². The van der Waals surface area contributed by atoms with Gasteiger partial charge in [0.2, 0.25) is 0 Å². The van der Waals surface area contributed by atoms with E-state index in [0.717, 1.165) is 6.42 Å². The number of halogens is 2. The van der Waals surface area contributed by atoms with E-state index in [-0.39, 0.29) is 6.54 Å². The first-order chi connectivity index (χ1) is 9.65. The largest absolute Gasteiger partial charge is 0.378 e. The smallest absolute Gasteiger partial charge is 0.255 e. The van der Waals surface area contributed by atoms with Crippen LogP contribution in [0.25, 0.3) is 5.78 Å². The van der Waals surface area contributed by atoms with Crippen LogP contribution in [-0.2, 0) is 11.3 Å². The number of fused-ring (bicyclic) bond motifs is 1. The maximum Gasteiger partial charge on any atom is 0.255 e. The number of aromatic nitrogens is 4. The standard InChI is InChI=1S/C12H17F2N5O/c1-3-4-18(6-10(13)14)11-5-9(7-20-2)17-12-15-8-16-19(11)12/h5,8,10H,3-4,6-7H2,1-2H3. The van der Waals surface area contributed by atoms with Crippen LogP contribution in [0.5, 0.6) is 0 Å². The highest BCUT2D eigenvalue weighted by Crippen LogP contribution is 2.18. The molecule has 2 aromatic heterocycles. The highest BCUT2D eigenvalue weighted by Gasteiger charge is 2.17. The van der Waals surface area contributed by atoms with Gasteiger partial charge in [0.25, 0.3) is 12.2 Å². The van der Waals surface area contributed by atoms with Crippen molar-refractivity contribution in [2.75, 3.05) is 25.1 Å². The molecule has 2 aromatic rings. The third-order valence-electron chi connectivity index (χ3n) is 2.75. The molecule has 0 aliphatic carbocycles. The van der Waals surface area contributed by atoms with Crippen molar-refractivity contribution in [1.29, 1.82) is 0 Å². The number of nitrogens with zero attached hydrogens (tertiary/aromatic N) is 5. The van der Waals surface area contributed by atoms with E-state index in [1.165, 1.54) is 10.8 Å². The SMILES string of the molecule is CCCN(CC(F)F)c1cc(COC)nc2ncnn12. The fourth-order valence-electron chi connectivity index (χ4n) is 2.03. The van der Waals surface area contributed by atoms with E-state index in [4.69, 9.17) is 4.74 Å². The fraction of sp³-hybridized carbons (Fsp3) is 0.583. The Labute approximate surface area is 115 Å². The van der Waals surface area contributed by atoms with Crippen molar-refractivity contribution in [2.24, 2.45) is 0 Å². The first kappa shape index (κ1) is 14.6. The summed E-state index contributed by atoms with van der Waals surface area (Å²) in [6.45, 7) is 2.40. The minimum absolute atomic E-state index is 0.297. The summed E-state index contributed by atoms with van der Waals surface area (Å²) in [6.07, 6.45) is -0.307. The number of hydrogen-bond donors (Lipinski definition) is 0. The quantitative estimate of drug-likeness (QED) is 0.775. The average Bonchev–Trinajstić information content (AvgIpc) is 2.85. The zero-order chi connectivity index (χ0) is 14.5. The summed E-state index contributed by atoms with van der Waals surface area (Å²) in [5.41, 5.74) is 0.637. The maximum absolute atomic E-state index is 12.7. The molecular formula is C12H17F2N5O. The Bertz CT molecular complexity index is 560. The van der Waals surface area contributed by atoms with Crippen molar-refractivity contribution in [3.05, 3.63) is 18.1 Å². The predicted molar refractivity (Wildman–Crippen MR) is 70.0 cm³/mol. The molecule has 2 rings (SSSR count). The zero-order valence-corrected chi connectivity index (χ0v) is 11.5. The molecular weight excluding hydrogens is 268 g/mol. The monoisotopic (exact) mass is 285 g/mol. The second kappa shape index (κ2) is 6.56. The molecule has 0 fully saturated rings. The van der Waals surface area contributed by atoms with Gasteiger partial charge in [0.15, 0.2) is 0 Å².